The number of methoxy groups -OCH3 is 1. The lowest BCUT2D eigenvalue weighted by atomic mass is 10.1. The number of ether oxygens (including phenoxy) is 1. The van der Waals surface area contributed by atoms with E-state index in [0.29, 0.717) is 5.56 Å². The van der Waals surface area contributed by atoms with E-state index in [9.17, 15) is 14.7 Å². The van der Waals surface area contributed by atoms with Crippen molar-refractivity contribution < 1.29 is 19.4 Å². The molecule has 0 saturated heterocycles. The predicted octanol–water partition coefficient (Wildman–Crippen LogP) is 0.513. The van der Waals surface area contributed by atoms with Gasteiger partial charge < -0.3 is 15.2 Å². The van der Waals surface area contributed by atoms with Gasteiger partial charge in [0.15, 0.2) is 6.10 Å². The van der Waals surface area contributed by atoms with E-state index in [4.69, 9.17) is 0 Å². The lowest BCUT2D eigenvalue weighted by Gasteiger charge is -2.09. The van der Waals surface area contributed by atoms with E-state index in [1.807, 2.05) is 19.1 Å². The number of hydrogen-bond acceptors (Lipinski definition) is 4. The Morgan fingerprint density at radius 1 is 1.33 bits per heavy atom. The Bertz CT molecular complexity index is 414. The van der Waals surface area contributed by atoms with E-state index in [0.717, 1.165) is 12.0 Å². The first-order valence-electron chi connectivity index (χ1n) is 5.71. The van der Waals surface area contributed by atoms with Gasteiger partial charge in [-0.05, 0) is 24.1 Å². The van der Waals surface area contributed by atoms with Crippen LogP contribution in [-0.2, 0) is 16.0 Å². The van der Waals surface area contributed by atoms with E-state index in [-0.39, 0.29) is 12.5 Å². The van der Waals surface area contributed by atoms with Crippen molar-refractivity contribution >= 4 is 11.9 Å². The number of carbonyl (C=O) groups excluding carboxylic acids is 2. The molecule has 1 unspecified atom stereocenters. The molecule has 98 valence electrons. The maximum atomic E-state index is 11.7. The van der Waals surface area contributed by atoms with Gasteiger partial charge in [0, 0.05) is 5.56 Å². The quantitative estimate of drug-likeness (QED) is 0.748. The van der Waals surface area contributed by atoms with Crippen molar-refractivity contribution in [2.24, 2.45) is 0 Å². The molecular weight excluding hydrogens is 234 g/mol. The van der Waals surface area contributed by atoms with Gasteiger partial charge in [0.2, 0.25) is 0 Å². The second-order valence-electron chi connectivity index (χ2n) is 3.80. The molecule has 0 heterocycles. The van der Waals surface area contributed by atoms with Crippen LogP contribution in [-0.4, -0.2) is 36.7 Å². The van der Waals surface area contributed by atoms with E-state index in [1.54, 1.807) is 12.1 Å². The van der Waals surface area contributed by atoms with E-state index >= 15 is 0 Å². The predicted molar refractivity (Wildman–Crippen MR) is 66.2 cm³/mol. The zero-order valence-corrected chi connectivity index (χ0v) is 10.5. The highest BCUT2D eigenvalue weighted by Gasteiger charge is 2.16. The molecule has 0 aliphatic rings. The van der Waals surface area contributed by atoms with Crippen LogP contribution in [0.3, 0.4) is 0 Å². The number of hydrogen-bond donors (Lipinski definition) is 2. The highest BCUT2D eigenvalue weighted by Crippen LogP contribution is 2.04. The number of nitrogens with one attached hydrogen (secondary N) is 1. The topological polar surface area (TPSA) is 75.6 Å². The number of amides is 1. The Morgan fingerprint density at radius 2 is 1.94 bits per heavy atom. The molecule has 0 spiro atoms. The molecule has 0 aliphatic heterocycles. The van der Waals surface area contributed by atoms with Gasteiger partial charge in [-0.2, -0.15) is 0 Å². The van der Waals surface area contributed by atoms with Crippen molar-refractivity contribution in [2.45, 2.75) is 19.4 Å². The monoisotopic (exact) mass is 251 g/mol. The SMILES string of the molecule is CCc1ccc(C(=O)NCC(O)C(=O)OC)cc1. The standard InChI is InChI=1S/C13H17NO4/c1-3-9-4-6-10(7-5-9)12(16)14-8-11(15)13(17)18-2/h4-7,11,15H,3,8H2,1-2H3,(H,14,16). The molecule has 1 aromatic rings. The molecule has 0 saturated carbocycles. The molecule has 0 aliphatic carbocycles. The molecule has 2 N–H and O–H groups in total. The number of rotatable bonds is 5. The Morgan fingerprint density at radius 3 is 2.44 bits per heavy atom. The number of aryl methyl sites for hydroxylation is 1. The van der Waals surface area contributed by atoms with Crippen LogP contribution in [0.2, 0.25) is 0 Å². The van der Waals surface area contributed by atoms with E-state index < -0.39 is 12.1 Å². The van der Waals surface area contributed by atoms with Crippen molar-refractivity contribution in [3.05, 3.63) is 35.4 Å². The number of aliphatic hydroxyl groups excluding tert-OH is 1. The summed E-state index contributed by atoms with van der Waals surface area (Å²) < 4.78 is 4.34. The number of benzene rings is 1. The Balaban J connectivity index is 2.52. The molecule has 5 heteroatoms. The summed E-state index contributed by atoms with van der Waals surface area (Å²) in [5.74, 6) is -1.10. The molecule has 0 radical (unpaired) electrons. The molecule has 1 amide bonds. The summed E-state index contributed by atoms with van der Waals surface area (Å²) in [4.78, 5) is 22.6. The molecule has 0 aromatic heterocycles. The molecular formula is C13H17NO4. The minimum Gasteiger partial charge on any atom is -0.467 e. The molecule has 1 atom stereocenters. The Hall–Kier alpha value is -1.88. The summed E-state index contributed by atoms with van der Waals surface area (Å²) in [5.41, 5.74) is 1.63. The number of carbonyl (C=O) groups is 2. The van der Waals surface area contributed by atoms with Crippen LogP contribution in [0, 0.1) is 0 Å². The van der Waals surface area contributed by atoms with Crippen LogP contribution in [0.25, 0.3) is 0 Å². The van der Waals surface area contributed by atoms with Crippen LogP contribution >= 0.6 is 0 Å². The average molecular weight is 251 g/mol. The summed E-state index contributed by atoms with van der Waals surface area (Å²) in [5, 5.41) is 11.8. The molecule has 18 heavy (non-hydrogen) atoms. The van der Waals surface area contributed by atoms with Gasteiger partial charge in [-0.3, -0.25) is 4.79 Å². The maximum Gasteiger partial charge on any atom is 0.336 e. The van der Waals surface area contributed by atoms with Gasteiger partial charge in [0.05, 0.1) is 13.7 Å². The minimum absolute atomic E-state index is 0.166. The molecule has 1 rings (SSSR count). The van der Waals surface area contributed by atoms with Crippen LogP contribution < -0.4 is 5.32 Å². The van der Waals surface area contributed by atoms with Crippen LogP contribution in [0.4, 0.5) is 0 Å². The fourth-order valence-corrected chi connectivity index (χ4v) is 1.40. The zero-order chi connectivity index (χ0) is 13.5. The average Bonchev–Trinajstić information content (AvgIpc) is 2.43. The van der Waals surface area contributed by atoms with Crippen molar-refractivity contribution in [3.8, 4) is 0 Å². The third-order valence-electron chi connectivity index (χ3n) is 2.55. The van der Waals surface area contributed by atoms with Crippen molar-refractivity contribution in [2.75, 3.05) is 13.7 Å². The Kier molecular flexibility index (Phi) is 5.32. The first-order chi connectivity index (χ1) is 8.58. The van der Waals surface area contributed by atoms with Gasteiger partial charge in [0.25, 0.3) is 5.91 Å². The second kappa shape index (κ2) is 6.76. The van der Waals surface area contributed by atoms with Gasteiger partial charge >= 0.3 is 5.97 Å². The van der Waals surface area contributed by atoms with Gasteiger partial charge in [-0.15, -0.1) is 0 Å². The van der Waals surface area contributed by atoms with Crippen LogP contribution in [0.5, 0.6) is 0 Å². The summed E-state index contributed by atoms with van der Waals surface area (Å²) >= 11 is 0. The zero-order valence-electron chi connectivity index (χ0n) is 10.5. The Labute approximate surface area is 106 Å². The van der Waals surface area contributed by atoms with E-state index in [2.05, 4.69) is 10.1 Å². The summed E-state index contributed by atoms with van der Waals surface area (Å²) in [7, 11) is 1.18. The summed E-state index contributed by atoms with van der Waals surface area (Å²) in [6.45, 7) is 1.86. The molecule has 5 nitrogen and oxygen atoms in total. The van der Waals surface area contributed by atoms with Crippen LogP contribution in [0.15, 0.2) is 24.3 Å². The largest absolute Gasteiger partial charge is 0.467 e. The van der Waals surface area contributed by atoms with Crippen molar-refractivity contribution in [1.82, 2.24) is 5.32 Å². The van der Waals surface area contributed by atoms with Gasteiger partial charge in [-0.1, -0.05) is 19.1 Å². The van der Waals surface area contributed by atoms with Gasteiger partial charge in [-0.25, -0.2) is 4.79 Å². The minimum atomic E-state index is -1.34. The summed E-state index contributed by atoms with van der Waals surface area (Å²) in [6, 6.07) is 7.15. The van der Waals surface area contributed by atoms with Crippen LogP contribution in [0.1, 0.15) is 22.8 Å². The maximum absolute atomic E-state index is 11.7. The molecule has 1 aromatic carbocycles. The normalized spacial score (nSPS) is 11.7. The third-order valence-corrected chi connectivity index (χ3v) is 2.55. The van der Waals surface area contributed by atoms with Gasteiger partial charge in [0.1, 0.15) is 0 Å². The van der Waals surface area contributed by atoms with Crippen molar-refractivity contribution in [3.63, 3.8) is 0 Å². The first kappa shape index (κ1) is 14.2. The van der Waals surface area contributed by atoms with E-state index in [1.165, 1.54) is 7.11 Å². The smallest absolute Gasteiger partial charge is 0.336 e. The molecule has 0 bridgehead atoms. The number of esters is 1. The molecule has 0 fully saturated rings. The summed E-state index contributed by atoms with van der Waals surface area (Å²) in [6.07, 6.45) is -0.433. The third kappa shape index (κ3) is 3.85. The fraction of sp³-hybridized carbons (Fsp3) is 0.385. The fourth-order valence-electron chi connectivity index (χ4n) is 1.40. The van der Waals surface area contributed by atoms with Crippen molar-refractivity contribution in [1.29, 1.82) is 0 Å². The lowest BCUT2D eigenvalue weighted by molar-refractivity contribution is -0.149. The first-order valence-corrected chi connectivity index (χ1v) is 5.71. The second-order valence-corrected chi connectivity index (χ2v) is 3.80. The highest BCUT2D eigenvalue weighted by molar-refractivity contribution is 5.94. The number of aliphatic hydroxyl groups is 1. The highest BCUT2D eigenvalue weighted by atomic mass is 16.5. The lowest BCUT2D eigenvalue weighted by Crippen LogP contribution is -2.37.